The van der Waals surface area contributed by atoms with E-state index in [4.69, 9.17) is 16.3 Å². The zero-order valence-corrected chi connectivity index (χ0v) is 11.6. The number of carbonyl (C=O) groups is 1. The molecule has 1 aromatic rings. The first-order valence-corrected chi connectivity index (χ1v) is 6.50. The number of ether oxygens (including phenoxy) is 1. The van der Waals surface area contributed by atoms with Crippen molar-refractivity contribution < 1.29 is 9.53 Å². The third-order valence-corrected chi connectivity index (χ3v) is 3.54. The third kappa shape index (κ3) is 2.58. The molecule has 0 spiro atoms. The van der Waals surface area contributed by atoms with Gasteiger partial charge in [-0.2, -0.15) is 0 Å². The standard InChI is InChI=1S/C13H17ClN2O2/c1-8-4-5-9(2)16(8)12-7-6-11(13(14)15-12)18-10(3)17/h6-9H,4-5H2,1-3H3. The topological polar surface area (TPSA) is 42.4 Å². The van der Waals surface area contributed by atoms with Crippen molar-refractivity contribution in [3.8, 4) is 5.75 Å². The second kappa shape index (κ2) is 5.14. The van der Waals surface area contributed by atoms with Crippen LogP contribution in [0.4, 0.5) is 5.82 Å². The number of hydrogen-bond acceptors (Lipinski definition) is 4. The summed E-state index contributed by atoms with van der Waals surface area (Å²) in [7, 11) is 0. The molecule has 5 heteroatoms. The molecule has 1 fully saturated rings. The SMILES string of the molecule is CC(=O)Oc1ccc(N2C(C)CCC2C)nc1Cl. The summed E-state index contributed by atoms with van der Waals surface area (Å²) in [5, 5.41) is 0.231. The summed E-state index contributed by atoms with van der Waals surface area (Å²) < 4.78 is 4.96. The van der Waals surface area contributed by atoms with Crippen LogP contribution in [0.2, 0.25) is 5.15 Å². The number of anilines is 1. The van der Waals surface area contributed by atoms with Gasteiger partial charge in [-0.05, 0) is 38.8 Å². The van der Waals surface area contributed by atoms with Crippen LogP contribution in [0.25, 0.3) is 0 Å². The normalized spacial score (nSPS) is 23.2. The molecule has 1 aromatic heterocycles. The van der Waals surface area contributed by atoms with E-state index < -0.39 is 5.97 Å². The molecule has 1 aliphatic rings. The third-order valence-electron chi connectivity index (χ3n) is 3.27. The number of esters is 1. The van der Waals surface area contributed by atoms with E-state index in [1.54, 1.807) is 6.07 Å². The van der Waals surface area contributed by atoms with Crippen molar-refractivity contribution in [3.63, 3.8) is 0 Å². The zero-order chi connectivity index (χ0) is 13.3. The van der Waals surface area contributed by atoms with Crippen molar-refractivity contribution >= 4 is 23.4 Å². The Morgan fingerprint density at radius 3 is 2.50 bits per heavy atom. The lowest BCUT2D eigenvalue weighted by atomic mass is 10.2. The predicted octanol–water partition coefficient (Wildman–Crippen LogP) is 3.04. The molecule has 0 N–H and O–H groups in total. The quantitative estimate of drug-likeness (QED) is 0.611. The molecule has 2 unspecified atom stereocenters. The Morgan fingerprint density at radius 1 is 1.39 bits per heavy atom. The van der Waals surface area contributed by atoms with E-state index >= 15 is 0 Å². The molecule has 0 aliphatic carbocycles. The number of nitrogens with zero attached hydrogens (tertiary/aromatic N) is 2. The lowest BCUT2D eigenvalue weighted by molar-refractivity contribution is -0.131. The van der Waals surface area contributed by atoms with Gasteiger partial charge in [0.1, 0.15) is 5.82 Å². The molecule has 2 rings (SSSR count). The predicted molar refractivity (Wildman–Crippen MR) is 71.2 cm³/mol. The number of hydrogen-bond donors (Lipinski definition) is 0. The molecule has 0 amide bonds. The molecule has 2 atom stereocenters. The van der Waals surface area contributed by atoms with Crippen LogP contribution >= 0.6 is 11.6 Å². The molecular weight excluding hydrogens is 252 g/mol. The number of carbonyl (C=O) groups excluding carboxylic acids is 1. The smallest absolute Gasteiger partial charge is 0.308 e. The summed E-state index contributed by atoms with van der Waals surface area (Å²) in [4.78, 5) is 17.5. The van der Waals surface area contributed by atoms with Gasteiger partial charge in [0.25, 0.3) is 0 Å². The monoisotopic (exact) mass is 268 g/mol. The first-order valence-electron chi connectivity index (χ1n) is 6.12. The largest absolute Gasteiger partial charge is 0.423 e. The van der Waals surface area contributed by atoms with Gasteiger partial charge in [0.15, 0.2) is 10.9 Å². The molecule has 1 aliphatic heterocycles. The average molecular weight is 269 g/mol. The summed E-state index contributed by atoms with van der Waals surface area (Å²) in [6, 6.07) is 4.47. The van der Waals surface area contributed by atoms with Gasteiger partial charge in [0.2, 0.25) is 0 Å². The van der Waals surface area contributed by atoms with Crippen LogP contribution in [-0.4, -0.2) is 23.0 Å². The molecule has 98 valence electrons. The van der Waals surface area contributed by atoms with Crippen LogP contribution in [0.1, 0.15) is 33.6 Å². The van der Waals surface area contributed by atoms with E-state index in [1.807, 2.05) is 6.07 Å². The van der Waals surface area contributed by atoms with E-state index in [2.05, 4.69) is 23.7 Å². The Labute approximate surface area is 112 Å². The Balaban J connectivity index is 2.25. The average Bonchev–Trinajstić information content (AvgIpc) is 2.61. The van der Waals surface area contributed by atoms with Gasteiger partial charge in [-0.15, -0.1) is 0 Å². The van der Waals surface area contributed by atoms with Crippen LogP contribution < -0.4 is 9.64 Å². The molecule has 0 radical (unpaired) electrons. The second-order valence-electron chi connectivity index (χ2n) is 4.73. The number of halogens is 1. The molecule has 2 heterocycles. The minimum Gasteiger partial charge on any atom is -0.423 e. The van der Waals surface area contributed by atoms with Gasteiger partial charge < -0.3 is 9.64 Å². The lowest BCUT2D eigenvalue weighted by Crippen LogP contribution is -2.33. The summed E-state index contributed by atoms with van der Waals surface area (Å²) in [6.07, 6.45) is 2.32. The molecule has 18 heavy (non-hydrogen) atoms. The van der Waals surface area contributed by atoms with E-state index in [0.717, 1.165) is 18.7 Å². The van der Waals surface area contributed by atoms with Gasteiger partial charge in [0.05, 0.1) is 0 Å². The highest BCUT2D eigenvalue weighted by atomic mass is 35.5. The van der Waals surface area contributed by atoms with Crippen LogP contribution in [0.15, 0.2) is 12.1 Å². The Bertz CT molecular complexity index is 454. The van der Waals surface area contributed by atoms with Crippen LogP contribution in [0, 0.1) is 0 Å². The lowest BCUT2D eigenvalue weighted by Gasteiger charge is -2.27. The molecule has 0 saturated carbocycles. The van der Waals surface area contributed by atoms with Gasteiger partial charge in [0, 0.05) is 19.0 Å². The van der Waals surface area contributed by atoms with Crippen molar-refractivity contribution in [2.45, 2.75) is 45.7 Å². The molecule has 1 saturated heterocycles. The van der Waals surface area contributed by atoms with Crippen LogP contribution in [0.3, 0.4) is 0 Å². The van der Waals surface area contributed by atoms with E-state index in [9.17, 15) is 4.79 Å². The van der Waals surface area contributed by atoms with Crippen molar-refractivity contribution in [2.75, 3.05) is 4.90 Å². The first-order chi connectivity index (χ1) is 8.49. The van der Waals surface area contributed by atoms with Gasteiger partial charge in [-0.25, -0.2) is 4.98 Å². The fourth-order valence-corrected chi connectivity index (χ4v) is 2.62. The van der Waals surface area contributed by atoms with Crippen molar-refractivity contribution in [3.05, 3.63) is 17.3 Å². The molecule has 0 bridgehead atoms. The summed E-state index contributed by atoms with van der Waals surface area (Å²) >= 11 is 6.03. The summed E-state index contributed by atoms with van der Waals surface area (Å²) in [5.74, 6) is 0.759. The van der Waals surface area contributed by atoms with Crippen LogP contribution in [-0.2, 0) is 4.79 Å². The fourth-order valence-electron chi connectivity index (χ4n) is 2.43. The number of rotatable bonds is 2. The molecular formula is C13H17ClN2O2. The maximum absolute atomic E-state index is 10.9. The van der Waals surface area contributed by atoms with Gasteiger partial charge >= 0.3 is 5.97 Å². The Kier molecular flexibility index (Phi) is 3.76. The maximum atomic E-state index is 10.9. The van der Waals surface area contributed by atoms with E-state index in [1.165, 1.54) is 6.92 Å². The highest BCUT2D eigenvalue weighted by molar-refractivity contribution is 6.31. The molecule has 4 nitrogen and oxygen atoms in total. The zero-order valence-electron chi connectivity index (χ0n) is 10.8. The number of pyridine rings is 1. The summed E-state index contributed by atoms with van der Waals surface area (Å²) in [5.41, 5.74) is 0. The van der Waals surface area contributed by atoms with Crippen molar-refractivity contribution in [2.24, 2.45) is 0 Å². The minimum atomic E-state index is -0.394. The maximum Gasteiger partial charge on any atom is 0.308 e. The Hall–Kier alpha value is -1.29. The molecule has 0 aromatic carbocycles. The summed E-state index contributed by atoms with van der Waals surface area (Å²) in [6.45, 7) is 5.70. The van der Waals surface area contributed by atoms with E-state index in [0.29, 0.717) is 17.8 Å². The Morgan fingerprint density at radius 2 is 2.00 bits per heavy atom. The number of aromatic nitrogens is 1. The van der Waals surface area contributed by atoms with Gasteiger partial charge in [-0.3, -0.25) is 4.79 Å². The highest BCUT2D eigenvalue weighted by Crippen LogP contribution is 2.32. The fraction of sp³-hybridized carbons (Fsp3) is 0.538. The van der Waals surface area contributed by atoms with Crippen molar-refractivity contribution in [1.82, 2.24) is 4.98 Å². The van der Waals surface area contributed by atoms with Gasteiger partial charge in [-0.1, -0.05) is 11.6 Å². The highest BCUT2D eigenvalue weighted by Gasteiger charge is 2.28. The van der Waals surface area contributed by atoms with E-state index in [-0.39, 0.29) is 5.15 Å². The minimum absolute atomic E-state index is 0.231. The first kappa shape index (κ1) is 13.1. The second-order valence-corrected chi connectivity index (χ2v) is 5.09. The van der Waals surface area contributed by atoms with Crippen molar-refractivity contribution in [1.29, 1.82) is 0 Å². The van der Waals surface area contributed by atoms with Crippen LogP contribution in [0.5, 0.6) is 5.75 Å².